The maximum atomic E-state index is 12.6. The summed E-state index contributed by atoms with van der Waals surface area (Å²) in [6.07, 6.45) is 2.41. The van der Waals surface area contributed by atoms with Gasteiger partial charge in [-0.25, -0.2) is 0 Å². The van der Waals surface area contributed by atoms with Crippen molar-refractivity contribution in [3.8, 4) is 0 Å². The summed E-state index contributed by atoms with van der Waals surface area (Å²) in [6, 6.07) is 11.2. The van der Waals surface area contributed by atoms with E-state index in [0.29, 0.717) is 6.04 Å². The zero-order valence-corrected chi connectivity index (χ0v) is 14.9. The van der Waals surface area contributed by atoms with Crippen molar-refractivity contribution in [1.29, 1.82) is 0 Å². The number of likely N-dealkylation sites (tertiary alicyclic amines) is 1. The Morgan fingerprint density at radius 1 is 1.25 bits per heavy atom. The second kappa shape index (κ2) is 8.10. The summed E-state index contributed by atoms with van der Waals surface area (Å²) in [4.78, 5) is 19.3. The molecule has 2 saturated heterocycles. The van der Waals surface area contributed by atoms with Crippen LogP contribution in [-0.4, -0.2) is 79.5 Å². The minimum atomic E-state index is -0.0181. The largest absolute Gasteiger partial charge is 0.347 e. The number of carbonyl (C=O) groups is 1. The highest BCUT2D eigenvalue weighted by atomic mass is 16.2. The Balaban J connectivity index is 1.65. The fraction of sp³-hybridized carbons (Fsp3) is 0.632. The Labute approximate surface area is 145 Å². The van der Waals surface area contributed by atoms with Gasteiger partial charge >= 0.3 is 0 Å². The van der Waals surface area contributed by atoms with Crippen LogP contribution >= 0.6 is 0 Å². The van der Waals surface area contributed by atoms with Crippen molar-refractivity contribution in [3.63, 3.8) is 0 Å². The monoisotopic (exact) mass is 330 g/mol. The Morgan fingerprint density at radius 3 is 2.79 bits per heavy atom. The number of amides is 1. The van der Waals surface area contributed by atoms with Crippen LogP contribution in [-0.2, 0) is 11.3 Å². The van der Waals surface area contributed by atoms with Crippen molar-refractivity contribution < 1.29 is 4.79 Å². The third-order valence-electron chi connectivity index (χ3n) is 5.21. The van der Waals surface area contributed by atoms with Gasteiger partial charge in [-0.15, -0.1) is 0 Å². The number of nitrogens with zero attached hydrogens (tertiary/aromatic N) is 3. The molecular formula is C19H30N4O. The number of hydrogen-bond acceptors (Lipinski definition) is 4. The fourth-order valence-corrected chi connectivity index (χ4v) is 3.97. The van der Waals surface area contributed by atoms with E-state index in [1.54, 1.807) is 4.90 Å². The molecule has 2 unspecified atom stereocenters. The molecule has 3 rings (SSSR count). The van der Waals surface area contributed by atoms with E-state index < -0.39 is 0 Å². The van der Waals surface area contributed by atoms with Crippen LogP contribution in [0.4, 0.5) is 0 Å². The lowest BCUT2D eigenvalue weighted by molar-refractivity contribution is -0.136. The molecule has 5 heteroatoms. The lowest BCUT2D eigenvalue weighted by atomic mass is 9.99. The maximum Gasteiger partial charge on any atom is 0.240 e. The third kappa shape index (κ3) is 4.15. The van der Waals surface area contributed by atoms with Crippen molar-refractivity contribution >= 4 is 5.91 Å². The van der Waals surface area contributed by atoms with Crippen LogP contribution in [0.5, 0.6) is 0 Å². The van der Waals surface area contributed by atoms with E-state index in [9.17, 15) is 4.79 Å². The average molecular weight is 330 g/mol. The first-order valence-corrected chi connectivity index (χ1v) is 9.09. The number of rotatable bonds is 4. The van der Waals surface area contributed by atoms with Crippen molar-refractivity contribution in [2.75, 3.05) is 46.8 Å². The van der Waals surface area contributed by atoms with Gasteiger partial charge in [-0.2, -0.15) is 0 Å². The average Bonchev–Trinajstić information content (AvgIpc) is 2.62. The molecule has 0 spiro atoms. The Morgan fingerprint density at radius 2 is 2.04 bits per heavy atom. The summed E-state index contributed by atoms with van der Waals surface area (Å²) in [5, 5.41) is 3.39. The highest BCUT2D eigenvalue weighted by molar-refractivity contribution is 5.81. The molecule has 0 saturated carbocycles. The van der Waals surface area contributed by atoms with Crippen molar-refractivity contribution in [2.24, 2.45) is 0 Å². The number of carbonyl (C=O) groups excluding carboxylic acids is 1. The first-order valence-electron chi connectivity index (χ1n) is 9.09. The van der Waals surface area contributed by atoms with Crippen molar-refractivity contribution in [2.45, 2.75) is 31.5 Å². The van der Waals surface area contributed by atoms with Gasteiger partial charge in [0, 0.05) is 52.9 Å². The summed E-state index contributed by atoms with van der Waals surface area (Å²) in [6.45, 7) is 5.94. The molecule has 1 aromatic rings. The van der Waals surface area contributed by atoms with Crippen molar-refractivity contribution in [1.82, 2.24) is 20.0 Å². The van der Waals surface area contributed by atoms with E-state index in [-0.39, 0.29) is 11.9 Å². The Bertz CT molecular complexity index is 533. The van der Waals surface area contributed by atoms with Crippen LogP contribution in [0.15, 0.2) is 30.3 Å². The van der Waals surface area contributed by atoms with Gasteiger partial charge < -0.3 is 10.2 Å². The van der Waals surface area contributed by atoms with Crippen LogP contribution < -0.4 is 5.32 Å². The van der Waals surface area contributed by atoms with E-state index in [1.807, 2.05) is 14.1 Å². The number of piperazine rings is 1. The van der Waals surface area contributed by atoms with Gasteiger partial charge in [-0.3, -0.25) is 14.6 Å². The van der Waals surface area contributed by atoms with Gasteiger partial charge in [0.2, 0.25) is 5.91 Å². The summed E-state index contributed by atoms with van der Waals surface area (Å²) in [5.74, 6) is 0.224. The molecule has 0 aliphatic carbocycles. The molecule has 0 aromatic heterocycles. The summed E-state index contributed by atoms with van der Waals surface area (Å²) < 4.78 is 0. The number of piperidine rings is 1. The predicted octanol–water partition coefficient (Wildman–Crippen LogP) is 1.01. The Hall–Kier alpha value is -1.43. The molecule has 2 aliphatic heterocycles. The fourth-order valence-electron chi connectivity index (χ4n) is 3.97. The van der Waals surface area contributed by atoms with Crippen LogP contribution in [0.3, 0.4) is 0 Å². The zero-order chi connectivity index (χ0) is 16.9. The van der Waals surface area contributed by atoms with Gasteiger partial charge in [0.15, 0.2) is 0 Å². The number of likely N-dealkylation sites (N-methyl/N-ethyl adjacent to an activating group) is 1. The molecular weight excluding hydrogens is 300 g/mol. The van der Waals surface area contributed by atoms with Gasteiger partial charge in [0.05, 0.1) is 0 Å². The summed E-state index contributed by atoms with van der Waals surface area (Å²) in [5.41, 5.74) is 1.37. The van der Waals surface area contributed by atoms with Crippen LogP contribution in [0.25, 0.3) is 0 Å². The highest BCUT2D eigenvalue weighted by Gasteiger charge is 2.36. The van der Waals surface area contributed by atoms with Gasteiger partial charge in [-0.05, 0) is 24.9 Å². The number of hydrogen-bond donors (Lipinski definition) is 1. The van der Waals surface area contributed by atoms with Gasteiger partial charge in [-0.1, -0.05) is 30.3 Å². The zero-order valence-electron chi connectivity index (χ0n) is 14.9. The van der Waals surface area contributed by atoms with E-state index in [1.165, 1.54) is 18.4 Å². The quantitative estimate of drug-likeness (QED) is 0.894. The molecule has 132 valence electrons. The first-order chi connectivity index (χ1) is 11.6. The predicted molar refractivity (Wildman–Crippen MR) is 96.8 cm³/mol. The third-order valence-corrected chi connectivity index (χ3v) is 5.21. The van der Waals surface area contributed by atoms with E-state index >= 15 is 0 Å². The molecule has 2 fully saturated rings. The topological polar surface area (TPSA) is 38.8 Å². The molecule has 0 bridgehead atoms. The summed E-state index contributed by atoms with van der Waals surface area (Å²) in [7, 11) is 3.72. The van der Waals surface area contributed by atoms with Crippen molar-refractivity contribution in [3.05, 3.63) is 35.9 Å². The maximum absolute atomic E-state index is 12.6. The summed E-state index contributed by atoms with van der Waals surface area (Å²) >= 11 is 0. The van der Waals surface area contributed by atoms with Gasteiger partial charge in [0.25, 0.3) is 0 Å². The SMILES string of the molecule is CN(C)C(=O)C1CNCCN1C1CCCN(Cc2ccccc2)C1. The molecule has 2 aliphatic rings. The second-order valence-electron chi connectivity index (χ2n) is 7.21. The van der Waals surface area contributed by atoms with Crippen LogP contribution in [0.1, 0.15) is 18.4 Å². The lowest BCUT2D eigenvalue weighted by Gasteiger charge is -2.45. The minimum Gasteiger partial charge on any atom is -0.347 e. The van der Waals surface area contributed by atoms with Crippen LogP contribution in [0.2, 0.25) is 0 Å². The number of nitrogens with one attached hydrogen (secondary N) is 1. The molecule has 24 heavy (non-hydrogen) atoms. The van der Waals surface area contributed by atoms with E-state index in [2.05, 4.69) is 45.4 Å². The molecule has 5 nitrogen and oxygen atoms in total. The molecule has 0 radical (unpaired) electrons. The van der Waals surface area contributed by atoms with E-state index in [4.69, 9.17) is 0 Å². The Kier molecular flexibility index (Phi) is 5.87. The molecule has 2 atom stereocenters. The molecule has 2 heterocycles. The first kappa shape index (κ1) is 17.4. The smallest absolute Gasteiger partial charge is 0.240 e. The molecule has 1 amide bonds. The van der Waals surface area contributed by atoms with Crippen LogP contribution in [0, 0.1) is 0 Å². The van der Waals surface area contributed by atoms with E-state index in [0.717, 1.165) is 39.3 Å². The second-order valence-corrected chi connectivity index (χ2v) is 7.21. The number of benzene rings is 1. The molecule has 1 N–H and O–H groups in total. The lowest BCUT2D eigenvalue weighted by Crippen LogP contribution is -2.62. The van der Waals surface area contributed by atoms with Gasteiger partial charge in [0.1, 0.15) is 6.04 Å². The molecule has 1 aromatic carbocycles. The highest BCUT2D eigenvalue weighted by Crippen LogP contribution is 2.21. The standard InChI is InChI=1S/C19H30N4O/c1-21(2)19(24)18-13-20-10-12-23(18)17-9-6-11-22(15-17)14-16-7-4-3-5-8-16/h3-5,7-8,17-18,20H,6,9-15H2,1-2H3. The normalized spacial score (nSPS) is 26.2. The minimum absolute atomic E-state index is 0.0181.